The van der Waals surface area contributed by atoms with E-state index in [1.54, 1.807) is 6.07 Å². The van der Waals surface area contributed by atoms with Gasteiger partial charge in [0.2, 0.25) is 5.91 Å². The average molecular weight is 304 g/mol. The molecule has 0 spiro atoms. The molecule has 2 saturated carbocycles. The highest BCUT2D eigenvalue weighted by atomic mass is 19.1. The molecular weight excluding hydrogens is 279 g/mol. The smallest absolute Gasteiger partial charge is 0.223 e. The number of rotatable bonds is 4. The molecule has 2 bridgehead atoms. The number of amides is 1. The fourth-order valence-electron chi connectivity index (χ4n) is 4.17. The predicted molar refractivity (Wildman–Crippen MR) is 84.6 cm³/mol. The van der Waals surface area contributed by atoms with Crippen LogP contribution in [-0.2, 0) is 11.2 Å². The first-order valence-electron chi connectivity index (χ1n) is 8.41. The maximum absolute atomic E-state index is 13.1. The first-order valence-corrected chi connectivity index (χ1v) is 8.41. The van der Waals surface area contributed by atoms with Gasteiger partial charge in [0.25, 0.3) is 0 Å². The summed E-state index contributed by atoms with van der Waals surface area (Å²) in [5.74, 6) is 1.08. The summed E-state index contributed by atoms with van der Waals surface area (Å²) >= 11 is 0. The second-order valence-corrected chi connectivity index (χ2v) is 6.87. The zero-order valence-electron chi connectivity index (χ0n) is 12.9. The Morgan fingerprint density at radius 2 is 2.00 bits per heavy atom. The van der Waals surface area contributed by atoms with Gasteiger partial charge in [-0.15, -0.1) is 0 Å². The van der Waals surface area contributed by atoms with Crippen molar-refractivity contribution < 1.29 is 9.18 Å². The average Bonchev–Trinajstić information content (AvgIpc) is 2.47. The normalized spacial score (nSPS) is 30.8. The molecule has 0 heterocycles. The Bertz CT molecular complexity index is 520. The Morgan fingerprint density at radius 1 is 1.27 bits per heavy atom. The maximum Gasteiger partial charge on any atom is 0.223 e. The van der Waals surface area contributed by atoms with Crippen molar-refractivity contribution in [3.05, 3.63) is 35.6 Å². The Balaban J connectivity index is 1.48. The van der Waals surface area contributed by atoms with Crippen LogP contribution in [0.15, 0.2) is 24.3 Å². The van der Waals surface area contributed by atoms with Gasteiger partial charge < -0.3 is 11.1 Å². The maximum atomic E-state index is 13.1. The van der Waals surface area contributed by atoms with Crippen molar-refractivity contribution in [1.29, 1.82) is 0 Å². The number of nitrogens with two attached hydrogens (primary N) is 1. The van der Waals surface area contributed by atoms with Gasteiger partial charge in [0.1, 0.15) is 5.82 Å². The second kappa shape index (κ2) is 6.78. The van der Waals surface area contributed by atoms with E-state index >= 15 is 0 Å². The van der Waals surface area contributed by atoms with Crippen molar-refractivity contribution in [1.82, 2.24) is 5.32 Å². The summed E-state index contributed by atoms with van der Waals surface area (Å²) in [6.45, 7) is 0.570. The van der Waals surface area contributed by atoms with Crippen molar-refractivity contribution in [2.24, 2.45) is 23.5 Å². The lowest BCUT2D eigenvalue weighted by atomic mass is 9.65. The molecule has 3 nitrogen and oxygen atoms in total. The molecule has 2 aliphatic carbocycles. The number of carbonyl (C=O) groups excluding carboxylic acids is 1. The molecule has 3 rings (SSSR count). The second-order valence-electron chi connectivity index (χ2n) is 6.87. The number of halogens is 1. The van der Waals surface area contributed by atoms with E-state index in [0.717, 1.165) is 18.4 Å². The van der Waals surface area contributed by atoms with Crippen molar-refractivity contribution in [3.8, 4) is 0 Å². The van der Waals surface area contributed by atoms with Crippen LogP contribution in [0.25, 0.3) is 0 Å². The SMILES string of the molecule is NC1C2CCCC1CC(C(=O)NCCc1cccc(F)c1)C2. The standard InChI is InChI=1S/C18H25FN2O/c19-16-6-1-3-12(9-16)7-8-21-18(22)15-10-13-4-2-5-14(11-15)17(13)20/h1,3,6,9,13-15,17H,2,4-5,7-8,10-11,20H2,(H,21,22). The van der Waals surface area contributed by atoms with Crippen molar-refractivity contribution >= 4 is 5.91 Å². The van der Waals surface area contributed by atoms with Crippen molar-refractivity contribution in [3.63, 3.8) is 0 Å². The van der Waals surface area contributed by atoms with Gasteiger partial charge in [-0.1, -0.05) is 18.6 Å². The highest BCUT2D eigenvalue weighted by molar-refractivity contribution is 5.78. The van der Waals surface area contributed by atoms with Crippen molar-refractivity contribution in [2.45, 2.75) is 44.6 Å². The molecule has 1 aromatic carbocycles. The number of nitrogens with one attached hydrogen (secondary N) is 1. The molecule has 0 aromatic heterocycles. The van der Waals surface area contributed by atoms with Crippen LogP contribution in [0.3, 0.4) is 0 Å². The number of hydrogen-bond acceptors (Lipinski definition) is 2. The van der Waals surface area contributed by atoms with Gasteiger partial charge in [0, 0.05) is 18.5 Å². The van der Waals surface area contributed by atoms with E-state index in [4.69, 9.17) is 5.73 Å². The van der Waals surface area contributed by atoms with Gasteiger partial charge >= 0.3 is 0 Å². The van der Waals surface area contributed by atoms with Crippen LogP contribution >= 0.6 is 0 Å². The minimum atomic E-state index is -0.224. The Morgan fingerprint density at radius 3 is 2.68 bits per heavy atom. The third-order valence-electron chi connectivity index (χ3n) is 5.39. The highest BCUT2D eigenvalue weighted by Gasteiger charge is 2.40. The van der Waals surface area contributed by atoms with E-state index in [-0.39, 0.29) is 17.6 Å². The van der Waals surface area contributed by atoms with Crippen LogP contribution in [0.4, 0.5) is 4.39 Å². The molecule has 1 aromatic rings. The molecule has 22 heavy (non-hydrogen) atoms. The van der Waals surface area contributed by atoms with Crippen molar-refractivity contribution in [2.75, 3.05) is 6.54 Å². The Hall–Kier alpha value is -1.42. The topological polar surface area (TPSA) is 55.1 Å². The summed E-state index contributed by atoms with van der Waals surface area (Å²) in [7, 11) is 0. The molecule has 3 N–H and O–H groups in total. The molecule has 0 saturated heterocycles. The first kappa shape index (κ1) is 15.5. The number of carbonyl (C=O) groups is 1. The van der Waals surface area contributed by atoms with Gasteiger partial charge in [-0.05, 0) is 61.6 Å². The molecule has 0 radical (unpaired) electrons. The van der Waals surface area contributed by atoms with Crippen LogP contribution in [0.2, 0.25) is 0 Å². The minimum absolute atomic E-state index is 0.114. The van der Waals surface area contributed by atoms with E-state index in [2.05, 4.69) is 5.32 Å². The van der Waals surface area contributed by atoms with E-state index < -0.39 is 0 Å². The third-order valence-corrected chi connectivity index (χ3v) is 5.39. The fourth-order valence-corrected chi connectivity index (χ4v) is 4.17. The summed E-state index contributed by atoms with van der Waals surface area (Å²) in [6.07, 6.45) is 6.14. The van der Waals surface area contributed by atoms with Crippen LogP contribution < -0.4 is 11.1 Å². The Labute approximate surface area is 131 Å². The monoisotopic (exact) mass is 304 g/mol. The molecule has 2 atom stereocenters. The van der Waals surface area contributed by atoms with E-state index in [1.807, 2.05) is 6.07 Å². The summed E-state index contributed by atoms with van der Waals surface area (Å²) in [4.78, 5) is 12.4. The van der Waals surface area contributed by atoms with Crippen LogP contribution in [0, 0.1) is 23.6 Å². The largest absolute Gasteiger partial charge is 0.356 e. The van der Waals surface area contributed by atoms with Gasteiger partial charge in [-0.25, -0.2) is 4.39 Å². The first-order chi connectivity index (χ1) is 10.6. The molecular formula is C18H25FN2O. The minimum Gasteiger partial charge on any atom is -0.356 e. The summed E-state index contributed by atoms with van der Waals surface area (Å²) in [6, 6.07) is 6.85. The number of fused-ring (bicyclic) bond motifs is 2. The fraction of sp³-hybridized carbons (Fsp3) is 0.611. The van der Waals surface area contributed by atoms with E-state index in [1.165, 1.54) is 31.4 Å². The highest BCUT2D eigenvalue weighted by Crippen LogP contribution is 2.41. The van der Waals surface area contributed by atoms with E-state index in [0.29, 0.717) is 30.8 Å². The van der Waals surface area contributed by atoms with E-state index in [9.17, 15) is 9.18 Å². The zero-order chi connectivity index (χ0) is 15.5. The molecule has 2 fully saturated rings. The lowest BCUT2D eigenvalue weighted by Gasteiger charge is -2.43. The van der Waals surface area contributed by atoms with Crippen LogP contribution in [0.1, 0.15) is 37.7 Å². The zero-order valence-corrected chi connectivity index (χ0v) is 12.9. The quantitative estimate of drug-likeness (QED) is 0.898. The lowest BCUT2D eigenvalue weighted by Crippen LogP contribution is -2.49. The molecule has 120 valence electrons. The van der Waals surface area contributed by atoms with Gasteiger partial charge in [-0.3, -0.25) is 4.79 Å². The molecule has 4 heteroatoms. The molecule has 0 aliphatic heterocycles. The summed E-state index contributed by atoms with van der Waals surface area (Å²) in [5.41, 5.74) is 7.19. The van der Waals surface area contributed by atoms with Crippen LogP contribution in [-0.4, -0.2) is 18.5 Å². The number of hydrogen-bond donors (Lipinski definition) is 2. The molecule has 1 amide bonds. The lowest BCUT2D eigenvalue weighted by molar-refractivity contribution is -0.127. The van der Waals surface area contributed by atoms with Crippen LogP contribution in [0.5, 0.6) is 0 Å². The van der Waals surface area contributed by atoms with Gasteiger partial charge in [-0.2, -0.15) is 0 Å². The molecule has 2 unspecified atom stereocenters. The van der Waals surface area contributed by atoms with Gasteiger partial charge in [0.15, 0.2) is 0 Å². The third kappa shape index (κ3) is 3.49. The van der Waals surface area contributed by atoms with Gasteiger partial charge in [0.05, 0.1) is 0 Å². The Kier molecular flexibility index (Phi) is 4.77. The summed E-state index contributed by atoms with van der Waals surface area (Å²) in [5, 5.41) is 3.02. The number of benzene rings is 1. The predicted octanol–water partition coefficient (Wildman–Crippen LogP) is 2.64. The summed E-state index contributed by atoms with van der Waals surface area (Å²) < 4.78 is 13.1. The molecule has 2 aliphatic rings.